The number of methoxy groups -OCH3 is 1. The van der Waals surface area contributed by atoms with Crippen molar-refractivity contribution in [2.24, 2.45) is 11.8 Å². The van der Waals surface area contributed by atoms with Crippen LogP contribution in [0.25, 0.3) is 0 Å². The molecule has 2 fully saturated rings. The Hall–Kier alpha value is -1.42. The van der Waals surface area contributed by atoms with Crippen LogP contribution in [-0.2, 0) is 4.74 Å². The Balaban J connectivity index is 1.57. The van der Waals surface area contributed by atoms with Gasteiger partial charge in [-0.05, 0) is 68.9 Å². The van der Waals surface area contributed by atoms with E-state index >= 15 is 0 Å². The van der Waals surface area contributed by atoms with Crippen LogP contribution in [0.3, 0.4) is 0 Å². The fourth-order valence-corrected chi connectivity index (χ4v) is 4.41. The molecule has 2 atom stereocenters. The molecule has 2 aliphatic rings. The lowest BCUT2D eigenvalue weighted by Crippen LogP contribution is -2.33. The molecule has 1 aromatic rings. The maximum absolute atomic E-state index is 14.3. The van der Waals surface area contributed by atoms with E-state index in [1.807, 2.05) is 0 Å². The lowest BCUT2D eigenvalue weighted by molar-refractivity contribution is -0.0471. The van der Waals surface area contributed by atoms with E-state index in [9.17, 15) is 8.78 Å². The lowest BCUT2D eigenvalue weighted by Gasteiger charge is -2.37. The van der Waals surface area contributed by atoms with Gasteiger partial charge in [-0.3, -0.25) is 0 Å². The molecule has 0 bridgehead atoms. The van der Waals surface area contributed by atoms with Crippen LogP contribution in [0.2, 0.25) is 0 Å². The summed E-state index contributed by atoms with van der Waals surface area (Å²) in [6.07, 6.45) is 10.8. The van der Waals surface area contributed by atoms with Crippen LogP contribution >= 0.6 is 0 Å². The number of rotatable bonds is 4. The summed E-state index contributed by atoms with van der Waals surface area (Å²) >= 11 is 0. The summed E-state index contributed by atoms with van der Waals surface area (Å²) in [6.45, 7) is 2.86. The second kappa shape index (κ2) is 8.31. The molecule has 1 aliphatic carbocycles. The highest BCUT2D eigenvalue weighted by Crippen LogP contribution is 2.41. The van der Waals surface area contributed by atoms with E-state index in [1.165, 1.54) is 19.6 Å². The van der Waals surface area contributed by atoms with E-state index in [0.29, 0.717) is 23.5 Å². The van der Waals surface area contributed by atoms with Crippen molar-refractivity contribution >= 4 is 0 Å². The van der Waals surface area contributed by atoms with E-state index in [0.717, 1.165) is 38.7 Å². The van der Waals surface area contributed by atoms with Gasteiger partial charge in [-0.15, -0.1) is 0 Å². The molecule has 4 heteroatoms. The van der Waals surface area contributed by atoms with Crippen LogP contribution in [0.4, 0.5) is 8.78 Å². The first-order valence-corrected chi connectivity index (χ1v) is 9.40. The molecule has 1 aromatic carbocycles. The van der Waals surface area contributed by atoms with Crippen molar-refractivity contribution in [2.75, 3.05) is 13.7 Å². The third-order valence-corrected chi connectivity index (χ3v) is 5.85. The number of halogens is 2. The second-order valence-electron chi connectivity index (χ2n) is 7.33. The molecule has 1 heterocycles. The van der Waals surface area contributed by atoms with Crippen molar-refractivity contribution in [3.05, 3.63) is 41.5 Å². The smallest absolute Gasteiger partial charge is 0.200 e. The average Bonchev–Trinajstić information content (AvgIpc) is 2.65. The standard InChI is InChI=1S/C21H28F2O2/c1-3-4-14-5-11-18(25-13-14)16-8-6-15(7-9-16)17-10-12-19(24-2)21(23)20(17)22/h3-4,10,12,14-16,18H,5-9,11,13H2,1-2H3/b4-3+. The van der Waals surface area contributed by atoms with Gasteiger partial charge in [0, 0.05) is 5.92 Å². The van der Waals surface area contributed by atoms with Gasteiger partial charge in [0.15, 0.2) is 11.6 Å². The Labute approximate surface area is 149 Å². The quantitative estimate of drug-likeness (QED) is 0.656. The predicted octanol–water partition coefficient (Wildman–Crippen LogP) is 5.62. The van der Waals surface area contributed by atoms with Crippen LogP contribution in [0.1, 0.15) is 56.9 Å². The molecule has 2 unspecified atom stereocenters. The summed E-state index contributed by atoms with van der Waals surface area (Å²) in [5, 5.41) is 0. The molecule has 0 aromatic heterocycles. The molecule has 1 aliphatic heterocycles. The Morgan fingerprint density at radius 1 is 1.04 bits per heavy atom. The second-order valence-corrected chi connectivity index (χ2v) is 7.33. The first-order chi connectivity index (χ1) is 12.1. The molecular formula is C21H28F2O2. The molecule has 1 saturated heterocycles. The third kappa shape index (κ3) is 4.05. The zero-order valence-corrected chi connectivity index (χ0v) is 15.1. The Morgan fingerprint density at radius 3 is 2.40 bits per heavy atom. The number of hydrogen-bond donors (Lipinski definition) is 0. The van der Waals surface area contributed by atoms with Crippen LogP contribution < -0.4 is 4.74 Å². The van der Waals surface area contributed by atoms with Crippen molar-refractivity contribution in [3.8, 4) is 5.75 Å². The molecule has 138 valence electrons. The molecular weight excluding hydrogens is 322 g/mol. The van der Waals surface area contributed by atoms with E-state index < -0.39 is 11.6 Å². The molecule has 0 radical (unpaired) electrons. The average molecular weight is 350 g/mol. The number of hydrogen-bond acceptors (Lipinski definition) is 2. The SMILES string of the molecule is C/C=C/C1CCC(C2CCC(c3ccc(OC)c(F)c3F)CC2)OC1. The molecule has 0 amide bonds. The zero-order valence-electron chi connectivity index (χ0n) is 15.1. The Bertz CT molecular complexity index is 598. The summed E-state index contributed by atoms with van der Waals surface area (Å²) in [4.78, 5) is 0. The summed E-state index contributed by atoms with van der Waals surface area (Å²) in [6, 6.07) is 3.21. The molecule has 25 heavy (non-hydrogen) atoms. The molecule has 2 nitrogen and oxygen atoms in total. The van der Waals surface area contributed by atoms with Gasteiger partial charge in [0.1, 0.15) is 0 Å². The van der Waals surface area contributed by atoms with Crippen molar-refractivity contribution in [2.45, 2.75) is 57.5 Å². The summed E-state index contributed by atoms with van der Waals surface area (Å²) in [5.41, 5.74) is 0.495. The van der Waals surface area contributed by atoms with E-state index in [2.05, 4.69) is 19.1 Å². The topological polar surface area (TPSA) is 18.5 Å². The van der Waals surface area contributed by atoms with Crippen molar-refractivity contribution in [1.29, 1.82) is 0 Å². The van der Waals surface area contributed by atoms with Crippen LogP contribution in [0.15, 0.2) is 24.3 Å². The minimum Gasteiger partial charge on any atom is -0.494 e. The number of benzene rings is 1. The molecule has 0 N–H and O–H groups in total. The number of ether oxygens (including phenoxy) is 2. The van der Waals surface area contributed by atoms with Gasteiger partial charge in [0.05, 0.1) is 19.8 Å². The van der Waals surface area contributed by atoms with Gasteiger partial charge in [0.25, 0.3) is 0 Å². The maximum atomic E-state index is 14.3. The normalized spacial score (nSPS) is 30.6. The Morgan fingerprint density at radius 2 is 1.80 bits per heavy atom. The van der Waals surface area contributed by atoms with Gasteiger partial charge in [-0.2, -0.15) is 4.39 Å². The lowest BCUT2D eigenvalue weighted by atomic mass is 9.75. The Kier molecular flexibility index (Phi) is 6.10. The van der Waals surface area contributed by atoms with Gasteiger partial charge in [0.2, 0.25) is 5.82 Å². The largest absolute Gasteiger partial charge is 0.494 e. The van der Waals surface area contributed by atoms with Crippen molar-refractivity contribution in [3.63, 3.8) is 0 Å². The first kappa shape index (κ1) is 18.4. The minimum absolute atomic E-state index is 0.0266. The molecule has 1 saturated carbocycles. The first-order valence-electron chi connectivity index (χ1n) is 9.40. The van der Waals surface area contributed by atoms with Gasteiger partial charge in [-0.1, -0.05) is 18.2 Å². The van der Waals surface area contributed by atoms with Gasteiger partial charge < -0.3 is 9.47 Å². The van der Waals surface area contributed by atoms with Crippen LogP contribution in [0, 0.1) is 23.5 Å². The fourth-order valence-electron chi connectivity index (χ4n) is 4.41. The summed E-state index contributed by atoms with van der Waals surface area (Å²) in [7, 11) is 1.35. The maximum Gasteiger partial charge on any atom is 0.200 e. The zero-order chi connectivity index (χ0) is 17.8. The van der Waals surface area contributed by atoms with E-state index in [-0.39, 0.29) is 11.7 Å². The highest BCUT2D eigenvalue weighted by atomic mass is 19.2. The minimum atomic E-state index is -0.868. The van der Waals surface area contributed by atoms with Crippen molar-refractivity contribution in [1.82, 2.24) is 0 Å². The van der Waals surface area contributed by atoms with Crippen LogP contribution in [-0.4, -0.2) is 19.8 Å². The molecule has 3 rings (SSSR count). The number of allylic oxidation sites excluding steroid dienone is 1. The van der Waals surface area contributed by atoms with Crippen molar-refractivity contribution < 1.29 is 18.3 Å². The highest BCUT2D eigenvalue weighted by Gasteiger charge is 2.32. The summed E-state index contributed by atoms with van der Waals surface area (Å²) < 4.78 is 39.2. The highest BCUT2D eigenvalue weighted by molar-refractivity contribution is 5.33. The van der Waals surface area contributed by atoms with Gasteiger partial charge in [-0.25, -0.2) is 4.39 Å². The fraction of sp³-hybridized carbons (Fsp3) is 0.619. The van der Waals surface area contributed by atoms with Gasteiger partial charge >= 0.3 is 0 Å². The third-order valence-electron chi connectivity index (χ3n) is 5.85. The summed E-state index contributed by atoms with van der Waals surface area (Å²) in [5.74, 6) is -0.446. The monoisotopic (exact) mass is 350 g/mol. The van der Waals surface area contributed by atoms with Crippen LogP contribution in [0.5, 0.6) is 5.75 Å². The predicted molar refractivity (Wildman–Crippen MR) is 94.9 cm³/mol. The molecule has 0 spiro atoms. The van der Waals surface area contributed by atoms with E-state index in [1.54, 1.807) is 6.07 Å². The van der Waals surface area contributed by atoms with E-state index in [4.69, 9.17) is 9.47 Å².